The molecule has 0 aliphatic carbocycles. The van der Waals surface area contributed by atoms with Crippen molar-refractivity contribution in [2.75, 3.05) is 13.2 Å². The molecule has 5 saturated heterocycles. The second-order valence-corrected chi connectivity index (χ2v) is 17.0. The summed E-state index contributed by atoms with van der Waals surface area (Å²) in [7, 11) is 0. The Morgan fingerprint density at radius 2 is 1.33 bits per heavy atom. The van der Waals surface area contributed by atoms with Crippen molar-refractivity contribution < 1.29 is 43.0 Å². The molecule has 55 heavy (non-hydrogen) atoms. The summed E-state index contributed by atoms with van der Waals surface area (Å²) in [6.45, 7) is 11.1. The fraction of sp³-hybridized carbons (Fsp3) is 0.609. The molecule has 0 aromatic heterocycles. The molecule has 5 heterocycles. The number of rotatable bonds is 10. The fourth-order valence-corrected chi connectivity index (χ4v) is 9.86. The zero-order valence-corrected chi connectivity index (χ0v) is 32.9. The van der Waals surface area contributed by atoms with Gasteiger partial charge in [0.05, 0.1) is 63.6 Å². The predicted molar refractivity (Wildman–Crippen MR) is 207 cm³/mol. The maximum Gasteiger partial charge on any atom is 0.195 e. The van der Waals surface area contributed by atoms with Gasteiger partial charge in [-0.25, -0.2) is 0 Å². The minimum atomic E-state index is -1.65. The SMILES string of the molecule is C[C@@H]1C[C@@H]2O[C@@H]3[C@@H](C)[C@H](OCc4ccccc4)[C@@H]4O[C@]5(CCCO5)[C@@H](C)[C@H](C)[C@H]4OC3(O)C[C@H]2O[C@@H](COCc2ccccc2)[C@H](OCc2ccccc2)C1. The van der Waals surface area contributed by atoms with Gasteiger partial charge < -0.3 is 43.0 Å². The van der Waals surface area contributed by atoms with Gasteiger partial charge >= 0.3 is 0 Å². The molecule has 1 unspecified atom stereocenters. The lowest BCUT2D eigenvalue weighted by atomic mass is 9.75. The monoisotopic (exact) mass is 756 g/mol. The first-order valence-electron chi connectivity index (χ1n) is 20.7. The van der Waals surface area contributed by atoms with Gasteiger partial charge in [0.2, 0.25) is 0 Å². The summed E-state index contributed by atoms with van der Waals surface area (Å²) in [5.74, 6) is -2.30. The van der Waals surface area contributed by atoms with Crippen LogP contribution in [-0.2, 0) is 57.7 Å². The minimum absolute atomic E-state index is 0.0144. The third-order valence-electron chi connectivity index (χ3n) is 13.0. The van der Waals surface area contributed by atoms with E-state index in [9.17, 15) is 5.11 Å². The van der Waals surface area contributed by atoms with E-state index >= 15 is 0 Å². The average molecular weight is 757 g/mol. The Labute approximate surface area is 326 Å². The Morgan fingerprint density at radius 3 is 1.96 bits per heavy atom. The van der Waals surface area contributed by atoms with Gasteiger partial charge in [-0.15, -0.1) is 0 Å². The fourth-order valence-electron chi connectivity index (χ4n) is 9.86. The van der Waals surface area contributed by atoms with Crippen molar-refractivity contribution in [2.24, 2.45) is 23.7 Å². The molecular weight excluding hydrogens is 696 g/mol. The molecule has 0 amide bonds. The van der Waals surface area contributed by atoms with E-state index in [-0.39, 0.29) is 48.4 Å². The molecule has 0 radical (unpaired) electrons. The van der Waals surface area contributed by atoms with Crippen LogP contribution in [0, 0.1) is 23.7 Å². The third-order valence-corrected chi connectivity index (χ3v) is 13.0. The molecule has 5 fully saturated rings. The van der Waals surface area contributed by atoms with E-state index in [1.807, 2.05) is 54.6 Å². The quantitative estimate of drug-likeness (QED) is 0.224. The Morgan fingerprint density at radius 1 is 0.691 bits per heavy atom. The molecule has 1 spiro atoms. The highest BCUT2D eigenvalue weighted by Gasteiger charge is 2.64. The van der Waals surface area contributed by atoms with Crippen LogP contribution in [0.2, 0.25) is 0 Å². The summed E-state index contributed by atoms with van der Waals surface area (Å²) < 4.78 is 54.6. The van der Waals surface area contributed by atoms with E-state index in [0.717, 1.165) is 42.4 Å². The summed E-state index contributed by atoms with van der Waals surface area (Å²) in [5, 5.41) is 12.9. The van der Waals surface area contributed by atoms with E-state index < -0.39 is 42.1 Å². The van der Waals surface area contributed by atoms with Crippen LogP contribution in [0.15, 0.2) is 91.0 Å². The molecule has 9 heteroatoms. The number of ether oxygens (including phenoxy) is 8. The number of benzene rings is 3. The molecule has 9 nitrogen and oxygen atoms in total. The second kappa shape index (κ2) is 17.0. The smallest absolute Gasteiger partial charge is 0.195 e. The van der Waals surface area contributed by atoms with Crippen LogP contribution in [0.25, 0.3) is 0 Å². The van der Waals surface area contributed by atoms with Crippen molar-refractivity contribution in [3.05, 3.63) is 108 Å². The summed E-state index contributed by atoms with van der Waals surface area (Å²) in [6.07, 6.45) is 0.227. The summed E-state index contributed by atoms with van der Waals surface area (Å²) in [4.78, 5) is 0. The highest BCUT2D eigenvalue weighted by Crippen LogP contribution is 2.52. The van der Waals surface area contributed by atoms with Crippen molar-refractivity contribution in [2.45, 2.75) is 140 Å². The Hall–Kier alpha value is -2.70. The van der Waals surface area contributed by atoms with Gasteiger partial charge in [-0.1, -0.05) is 119 Å². The average Bonchev–Trinajstić information content (AvgIpc) is 3.64. The second-order valence-electron chi connectivity index (χ2n) is 17.0. The molecule has 5 aliphatic heterocycles. The van der Waals surface area contributed by atoms with E-state index in [4.69, 9.17) is 37.9 Å². The van der Waals surface area contributed by atoms with Gasteiger partial charge in [-0.3, -0.25) is 0 Å². The van der Waals surface area contributed by atoms with Gasteiger partial charge in [0.25, 0.3) is 0 Å². The lowest BCUT2D eigenvalue weighted by Crippen LogP contribution is -2.63. The van der Waals surface area contributed by atoms with Gasteiger partial charge in [0.15, 0.2) is 11.6 Å². The third kappa shape index (κ3) is 8.47. The first-order chi connectivity index (χ1) is 26.7. The topological polar surface area (TPSA) is 94.1 Å². The van der Waals surface area contributed by atoms with Crippen molar-refractivity contribution in [1.29, 1.82) is 0 Å². The number of aliphatic hydroxyl groups is 1. The zero-order chi connectivity index (χ0) is 38.0. The standard InChI is InChI=1S/C46H60O9/c1-30-23-37(49-27-35-17-10-6-11-18-35)40(29-48-26-34-15-8-5-9-16-34)52-39-25-45(47)44(53-38(39)24-30)32(3)41(50-28-36-19-12-7-13-20-36)43-42(54-45)31(2)33(4)46(55-43)21-14-22-51-46/h5-13,15-20,30-33,37-44,47H,14,21-29H2,1-4H3/t30-,31-,32-,33-,37+,38-,39+,40-,41-,42+,43-,44+,45?,46+/m0/s1. The molecule has 3 aromatic carbocycles. The van der Waals surface area contributed by atoms with Crippen molar-refractivity contribution in [3.8, 4) is 0 Å². The largest absolute Gasteiger partial charge is 0.374 e. The maximum atomic E-state index is 12.9. The zero-order valence-electron chi connectivity index (χ0n) is 32.9. The summed E-state index contributed by atoms with van der Waals surface area (Å²) in [5.41, 5.74) is 3.29. The Bertz CT molecular complexity index is 1640. The number of hydrogen-bond donors (Lipinski definition) is 1. The van der Waals surface area contributed by atoms with E-state index in [2.05, 4.69) is 64.1 Å². The van der Waals surface area contributed by atoms with Crippen LogP contribution < -0.4 is 0 Å². The first-order valence-corrected chi connectivity index (χ1v) is 20.7. The highest BCUT2D eigenvalue weighted by atomic mass is 16.7. The normalized spacial score (nSPS) is 40.3. The summed E-state index contributed by atoms with van der Waals surface area (Å²) in [6, 6.07) is 30.7. The van der Waals surface area contributed by atoms with Crippen molar-refractivity contribution in [3.63, 3.8) is 0 Å². The molecule has 0 saturated carbocycles. The molecule has 0 bridgehead atoms. The predicted octanol–water partition coefficient (Wildman–Crippen LogP) is 7.62. The van der Waals surface area contributed by atoms with Crippen LogP contribution in [0.3, 0.4) is 0 Å². The number of fused-ring (bicyclic) bond motifs is 3. The molecule has 3 aromatic rings. The highest BCUT2D eigenvalue weighted by molar-refractivity contribution is 5.16. The Kier molecular flexibility index (Phi) is 12.1. The van der Waals surface area contributed by atoms with Gasteiger partial charge in [0.1, 0.15) is 18.3 Å². The molecule has 1 N–H and O–H groups in total. The van der Waals surface area contributed by atoms with Gasteiger partial charge in [-0.2, -0.15) is 0 Å². The molecule has 14 atom stereocenters. The summed E-state index contributed by atoms with van der Waals surface area (Å²) >= 11 is 0. The molecule has 5 aliphatic rings. The van der Waals surface area contributed by atoms with Crippen LogP contribution in [0.5, 0.6) is 0 Å². The minimum Gasteiger partial charge on any atom is -0.374 e. The van der Waals surface area contributed by atoms with Crippen LogP contribution in [-0.4, -0.2) is 78.7 Å². The molecule has 8 rings (SSSR count). The van der Waals surface area contributed by atoms with E-state index in [0.29, 0.717) is 33.0 Å². The van der Waals surface area contributed by atoms with Crippen LogP contribution in [0.4, 0.5) is 0 Å². The Balaban J connectivity index is 1.07. The van der Waals surface area contributed by atoms with Crippen LogP contribution in [0.1, 0.15) is 76.5 Å². The maximum absolute atomic E-state index is 12.9. The van der Waals surface area contributed by atoms with E-state index in [1.165, 1.54) is 0 Å². The van der Waals surface area contributed by atoms with Crippen LogP contribution >= 0.6 is 0 Å². The van der Waals surface area contributed by atoms with Crippen molar-refractivity contribution >= 4 is 0 Å². The lowest BCUT2D eigenvalue weighted by Gasteiger charge is -2.52. The first kappa shape index (κ1) is 39.1. The molecule has 298 valence electrons. The van der Waals surface area contributed by atoms with E-state index in [1.54, 1.807) is 0 Å². The van der Waals surface area contributed by atoms with Gasteiger partial charge in [0, 0.05) is 24.7 Å². The van der Waals surface area contributed by atoms with Gasteiger partial charge in [-0.05, 0) is 47.8 Å². The number of hydrogen-bond acceptors (Lipinski definition) is 9. The molecular formula is C46H60O9. The van der Waals surface area contributed by atoms with Crippen molar-refractivity contribution in [1.82, 2.24) is 0 Å². The lowest BCUT2D eigenvalue weighted by molar-refractivity contribution is -0.380.